The zero-order chi connectivity index (χ0) is 21.4. The topological polar surface area (TPSA) is 111 Å². The van der Waals surface area contributed by atoms with Crippen LogP contribution in [-0.4, -0.2) is 40.8 Å². The van der Waals surface area contributed by atoms with E-state index in [-0.39, 0.29) is 23.4 Å². The number of nitrogens with zero attached hydrogens (tertiary/aromatic N) is 3. The van der Waals surface area contributed by atoms with Gasteiger partial charge in [-0.05, 0) is 31.2 Å². The van der Waals surface area contributed by atoms with E-state index in [2.05, 4.69) is 5.16 Å². The molecule has 4 heterocycles. The van der Waals surface area contributed by atoms with Gasteiger partial charge in [0.25, 0.3) is 5.69 Å². The molecule has 6 atom stereocenters. The second-order valence-corrected chi connectivity index (χ2v) is 8.34. The third kappa shape index (κ3) is 2.37. The lowest BCUT2D eigenvalue weighted by Gasteiger charge is -2.26. The fourth-order valence-electron chi connectivity index (χ4n) is 5.30. The molecule has 0 spiro atoms. The number of non-ortho nitro benzene ring substituents is 1. The van der Waals surface area contributed by atoms with E-state index in [1.165, 1.54) is 17.0 Å². The zero-order valence-electron chi connectivity index (χ0n) is 16.4. The summed E-state index contributed by atoms with van der Waals surface area (Å²) >= 11 is 0. The van der Waals surface area contributed by atoms with E-state index in [0.29, 0.717) is 17.0 Å². The predicted molar refractivity (Wildman–Crippen MR) is 107 cm³/mol. The van der Waals surface area contributed by atoms with E-state index in [1.807, 2.05) is 19.1 Å². The van der Waals surface area contributed by atoms with E-state index in [0.717, 1.165) is 5.56 Å². The molecule has 156 valence electrons. The molecule has 0 saturated carbocycles. The van der Waals surface area contributed by atoms with Crippen molar-refractivity contribution < 1.29 is 24.1 Å². The Morgan fingerprint density at radius 1 is 0.903 bits per heavy atom. The minimum atomic E-state index is -0.593. The summed E-state index contributed by atoms with van der Waals surface area (Å²) in [5.41, 5.74) is 2.86. The smallest absolute Gasteiger partial charge is 0.269 e. The molecular formula is C22H17N3O6. The molecule has 9 heteroatoms. The van der Waals surface area contributed by atoms with Crippen LogP contribution in [0.1, 0.15) is 11.1 Å². The van der Waals surface area contributed by atoms with Gasteiger partial charge in [-0.15, -0.1) is 0 Å². The van der Waals surface area contributed by atoms with Gasteiger partial charge in [-0.25, -0.2) is 4.90 Å². The number of ether oxygens (including phenoxy) is 1. The third-order valence-electron chi connectivity index (χ3n) is 6.71. The van der Waals surface area contributed by atoms with Crippen molar-refractivity contribution in [1.29, 1.82) is 0 Å². The quantitative estimate of drug-likeness (QED) is 0.428. The zero-order valence-corrected chi connectivity index (χ0v) is 16.4. The standard InChI is InChI=1S/C22H17N3O6/c1-10-2-6-12(7-3-10)24-21(26)14-15(22(24)27)19-20-16(18(14)30-19)17(23-31-20)11-4-8-13(9-5-11)25(28)29/h2-9,14-16,18-20H,1H3/t14-,15+,16-,18-,19?,20-/m0/s1. The Morgan fingerprint density at radius 2 is 1.55 bits per heavy atom. The number of amides is 2. The van der Waals surface area contributed by atoms with Gasteiger partial charge >= 0.3 is 0 Å². The fraction of sp³-hybridized carbons (Fsp3) is 0.318. The lowest BCUT2D eigenvalue weighted by Crippen LogP contribution is -2.45. The fourth-order valence-corrected chi connectivity index (χ4v) is 5.30. The first-order valence-corrected chi connectivity index (χ1v) is 10.0. The van der Waals surface area contributed by atoms with Crippen molar-refractivity contribution in [1.82, 2.24) is 0 Å². The van der Waals surface area contributed by atoms with E-state index in [4.69, 9.17) is 9.57 Å². The van der Waals surface area contributed by atoms with Crippen molar-refractivity contribution in [3.05, 3.63) is 69.8 Å². The molecule has 0 radical (unpaired) electrons. The van der Waals surface area contributed by atoms with Gasteiger partial charge < -0.3 is 9.57 Å². The number of nitro groups is 1. The molecule has 3 fully saturated rings. The average molecular weight is 419 g/mol. The lowest BCUT2D eigenvalue weighted by atomic mass is 9.71. The number of aryl methyl sites for hydroxylation is 1. The molecule has 2 aromatic rings. The van der Waals surface area contributed by atoms with Crippen molar-refractivity contribution in [3.63, 3.8) is 0 Å². The van der Waals surface area contributed by atoms with Crippen LogP contribution in [0, 0.1) is 34.8 Å². The Balaban J connectivity index is 1.32. The molecule has 4 aliphatic heterocycles. The van der Waals surface area contributed by atoms with Crippen LogP contribution in [0.4, 0.5) is 11.4 Å². The number of oxime groups is 1. The van der Waals surface area contributed by atoms with Crippen LogP contribution in [-0.2, 0) is 19.2 Å². The van der Waals surface area contributed by atoms with Gasteiger partial charge in [0.1, 0.15) is 6.10 Å². The number of benzene rings is 2. The van der Waals surface area contributed by atoms with Crippen LogP contribution in [0.25, 0.3) is 0 Å². The van der Waals surface area contributed by atoms with Crippen molar-refractivity contribution in [3.8, 4) is 0 Å². The Morgan fingerprint density at radius 3 is 2.19 bits per heavy atom. The summed E-state index contributed by atoms with van der Waals surface area (Å²) < 4.78 is 6.08. The molecule has 2 amide bonds. The minimum absolute atomic E-state index is 0.0191. The highest BCUT2D eigenvalue weighted by Crippen LogP contribution is 2.55. The number of imide groups is 1. The Hall–Kier alpha value is -3.59. The molecule has 0 aromatic heterocycles. The van der Waals surface area contributed by atoms with E-state index in [1.54, 1.807) is 24.3 Å². The van der Waals surface area contributed by atoms with E-state index in [9.17, 15) is 19.7 Å². The molecule has 31 heavy (non-hydrogen) atoms. The van der Waals surface area contributed by atoms with Gasteiger partial charge in [-0.3, -0.25) is 19.7 Å². The van der Waals surface area contributed by atoms with Gasteiger partial charge in [0.2, 0.25) is 11.8 Å². The molecule has 0 aliphatic carbocycles. The Kier molecular flexibility index (Phi) is 3.64. The maximum atomic E-state index is 13.3. The maximum absolute atomic E-state index is 13.3. The minimum Gasteiger partial charge on any atom is -0.389 e. The van der Waals surface area contributed by atoms with Gasteiger partial charge in [0, 0.05) is 17.7 Å². The average Bonchev–Trinajstić information content (AvgIpc) is 3.49. The molecular weight excluding hydrogens is 402 g/mol. The first-order chi connectivity index (χ1) is 15.0. The maximum Gasteiger partial charge on any atom is 0.269 e. The number of carbonyl (C=O) groups is 2. The number of hydrogen-bond donors (Lipinski definition) is 0. The van der Waals surface area contributed by atoms with E-state index >= 15 is 0 Å². The summed E-state index contributed by atoms with van der Waals surface area (Å²) in [7, 11) is 0. The largest absolute Gasteiger partial charge is 0.389 e. The van der Waals surface area contributed by atoms with Crippen molar-refractivity contribution in [2.24, 2.45) is 22.9 Å². The predicted octanol–water partition coefficient (Wildman–Crippen LogP) is 2.21. The number of hydrogen-bond acceptors (Lipinski definition) is 7. The molecule has 4 aliphatic rings. The van der Waals surface area contributed by atoms with Crippen LogP contribution in [0.3, 0.4) is 0 Å². The van der Waals surface area contributed by atoms with Crippen molar-refractivity contribution >= 4 is 28.9 Å². The number of fused-ring (bicyclic) bond motifs is 8. The van der Waals surface area contributed by atoms with Crippen LogP contribution >= 0.6 is 0 Å². The van der Waals surface area contributed by atoms with Gasteiger partial charge in [0.05, 0.1) is 40.2 Å². The molecule has 0 N–H and O–H groups in total. The summed E-state index contributed by atoms with van der Waals surface area (Å²) in [6.07, 6.45) is -1.53. The highest BCUT2D eigenvalue weighted by Gasteiger charge is 2.72. The summed E-state index contributed by atoms with van der Waals surface area (Å²) in [4.78, 5) is 43.9. The SMILES string of the molecule is Cc1ccc(N2C(=O)[C@@H]3[C@@H]4OC([C@H]5ON=C(c6ccc([N+](=O)[O-])cc6)[C@@H]45)[C@@H]3C2=O)cc1. The van der Waals surface area contributed by atoms with Crippen LogP contribution < -0.4 is 4.90 Å². The van der Waals surface area contributed by atoms with Crippen LogP contribution in [0.15, 0.2) is 53.7 Å². The molecule has 3 saturated heterocycles. The number of nitro benzene ring substituents is 1. The molecule has 6 rings (SSSR count). The van der Waals surface area contributed by atoms with E-state index < -0.39 is 35.1 Å². The first-order valence-electron chi connectivity index (χ1n) is 10.0. The first kappa shape index (κ1) is 18.2. The normalized spacial score (nSPS) is 32.7. The van der Waals surface area contributed by atoms with Crippen molar-refractivity contribution in [2.45, 2.75) is 25.2 Å². The third-order valence-corrected chi connectivity index (χ3v) is 6.71. The summed E-state index contributed by atoms with van der Waals surface area (Å²) in [5.74, 6) is -2.02. The van der Waals surface area contributed by atoms with Crippen LogP contribution in [0.5, 0.6) is 0 Å². The van der Waals surface area contributed by atoms with Crippen molar-refractivity contribution in [2.75, 3.05) is 4.90 Å². The second-order valence-electron chi connectivity index (χ2n) is 8.34. The highest BCUT2D eigenvalue weighted by molar-refractivity contribution is 6.23. The summed E-state index contributed by atoms with van der Waals surface area (Å²) in [5, 5.41) is 15.1. The lowest BCUT2D eigenvalue weighted by molar-refractivity contribution is -0.384. The second kappa shape index (κ2) is 6.21. The monoisotopic (exact) mass is 419 g/mol. The summed E-state index contributed by atoms with van der Waals surface area (Å²) in [6.45, 7) is 1.94. The Bertz CT molecular complexity index is 1160. The molecule has 2 bridgehead atoms. The number of carbonyl (C=O) groups excluding carboxylic acids is 2. The Labute approximate surface area is 176 Å². The summed E-state index contributed by atoms with van der Waals surface area (Å²) in [6, 6.07) is 13.3. The number of anilines is 1. The van der Waals surface area contributed by atoms with Gasteiger partial charge in [-0.1, -0.05) is 22.9 Å². The molecule has 1 unspecified atom stereocenters. The van der Waals surface area contributed by atoms with Gasteiger partial charge in [-0.2, -0.15) is 0 Å². The van der Waals surface area contributed by atoms with Crippen LogP contribution in [0.2, 0.25) is 0 Å². The van der Waals surface area contributed by atoms with Gasteiger partial charge in [0.15, 0.2) is 6.10 Å². The molecule has 2 aromatic carbocycles. The number of rotatable bonds is 3. The highest BCUT2D eigenvalue weighted by atomic mass is 16.7. The molecule has 9 nitrogen and oxygen atoms in total.